The van der Waals surface area contributed by atoms with Crippen molar-refractivity contribution < 1.29 is 4.79 Å². The Kier molecular flexibility index (Phi) is 5.86. The highest BCUT2D eigenvalue weighted by Crippen LogP contribution is 2.26. The standard InChI is InChI=1S/C26H26N4OS/c1-19-23(18-26(31)30-15-13-29(14-16-30)24-11-4-5-12-27-24)32-25(28-19)17-21-9-6-8-20-7-2-3-10-22(20)21/h2-12H,13-18H2,1H3. The molecule has 0 bridgehead atoms. The first-order valence-corrected chi connectivity index (χ1v) is 11.8. The Morgan fingerprint density at radius 3 is 2.56 bits per heavy atom. The van der Waals surface area contributed by atoms with E-state index in [1.807, 2.05) is 36.2 Å². The van der Waals surface area contributed by atoms with Crippen molar-refractivity contribution in [3.8, 4) is 0 Å². The van der Waals surface area contributed by atoms with Gasteiger partial charge in [-0.1, -0.05) is 48.5 Å². The molecule has 0 radical (unpaired) electrons. The maximum Gasteiger partial charge on any atom is 0.228 e. The van der Waals surface area contributed by atoms with Gasteiger partial charge in [-0.05, 0) is 35.4 Å². The van der Waals surface area contributed by atoms with Crippen LogP contribution in [0.15, 0.2) is 66.9 Å². The fourth-order valence-corrected chi connectivity index (χ4v) is 5.40. The Labute approximate surface area is 192 Å². The zero-order chi connectivity index (χ0) is 21.9. The van der Waals surface area contributed by atoms with E-state index in [1.165, 1.54) is 16.3 Å². The molecule has 2 aromatic heterocycles. The molecule has 1 aliphatic heterocycles. The van der Waals surface area contributed by atoms with Crippen LogP contribution in [0.5, 0.6) is 0 Å². The molecule has 3 heterocycles. The van der Waals surface area contributed by atoms with Crippen molar-refractivity contribution in [1.82, 2.24) is 14.9 Å². The summed E-state index contributed by atoms with van der Waals surface area (Å²) in [6.45, 7) is 5.12. The largest absolute Gasteiger partial charge is 0.353 e. The van der Waals surface area contributed by atoms with Crippen LogP contribution in [0.25, 0.3) is 10.8 Å². The third kappa shape index (κ3) is 4.36. The second-order valence-electron chi connectivity index (χ2n) is 8.16. The molecule has 162 valence electrons. The maximum absolute atomic E-state index is 13.0. The van der Waals surface area contributed by atoms with Crippen molar-refractivity contribution in [2.75, 3.05) is 31.1 Å². The van der Waals surface area contributed by atoms with Crippen molar-refractivity contribution in [2.24, 2.45) is 0 Å². The quantitative estimate of drug-likeness (QED) is 0.457. The van der Waals surface area contributed by atoms with Gasteiger partial charge in [0.05, 0.1) is 17.1 Å². The Morgan fingerprint density at radius 1 is 0.969 bits per heavy atom. The van der Waals surface area contributed by atoms with Crippen LogP contribution in [0.4, 0.5) is 5.82 Å². The molecule has 0 unspecified atom stereocenters. The Balaban J connectivity index is 1.23. The van der Waals surface area contributed by atoms with E-state index in [4.69, 9.17) is 4.98 Å². The van der Waals surface area contributed by atoms with Crippen molar-refractivity contribution in [3.63, 3.8) is 0 Å². The highest BCUT2D eigenvalue weighted by Gasteiger charge is 2.23. The third-order valence-electron chi connectivity index (χ3n) is 6.08. The smallest absolute Gasteiger partial charge is 0.228 e. The number of amides is 1. The number of aryl methyl sites for hydroxylation is 1. The van der Waals surface area contributed by atoms with Gasteiger partial charge in [-0.25, -0.2) is 9.97 Å². The second kappa shape index (κ2) is 9.09. The first kappa shape index (κ1) is 20.6. The minimum Gasteiger partial charge on any atom is -0.353 e. The predicted molar refractivity (Wildman–Crippen MR) is 130 cm³/mol. The molecule has 1 amide bonds. The van der Waals surface area contributed by atoms with E-state index < -0.39 is 0 Å². The first-order valence-electron chi connectivity index (χ1n) is 11.0. The summed E-state index contributed by atoms with van der Waals surface area (Å²) in [5.74, 6) is 1.17. The summed E-state index contributed by atoms with van der Waals surface area (Å²) in [5.41, 5.74) is 2.26. The lowest BCUT2D eigenvalue weighted by molar-refractivity contribution is -0.130. The zero-order valence-electron chi connectivity index (χ0n) is 18.2. The van der Waals surface area contributed by atoms with E-state index in [0.717, 1.165) is 54.0 Å². The number of benzene rings is 2. The molecule has 4 aromatic rings. The average Bonchev–Trinajstić information content (AvgIpc) is 3.18. The van der Waals surface area contributed by atoms with Crippen LogP contribution >= 0.6 is 11.3 Å². The summed E-state index contributed by atoms with van der Waals surface area (Å²) in [4.78, 5) is 27.5. The number of hydrogen-bond acceptors (Lipinski definition) is 5. The molecular formula is C26H26N4OS. The average molecular weight is 443 g/mol. The van der Waals surface area contributed by atoms with E-state index in [0.29, 0.717) is 6.42 Å². The number of thiazole rings is 1. The van der Waals surface area contributed by atoms with Gasteiger partial charge in [-0.15, -0.1) is 11.3 Å². The molecule has 1 aliphatic rings. The summed E-state index contributed by atoms with van der Waals surface area (Å²) < 4.78 is 0. The fourth-order valence-electron chi connectivity index (χ4n) is 4.31. The van der Waals surface area contributed by atoms with Crippen LogP contribution in [-0.2, 0) is 17.6 Å². The molecule has 1 fully saturated rings. The van der Waals surface area contributed by atoms with Crippen molar-refractivity contribution in [2.45, 2.75) is 19.8 Å². The van der Waals surface area contributed by atoms with E-state index in [2.05, 4.69) is 52.3 Å². The molecule has 1 saturated heterocycles. The van der Waals surface area contributed by atoms with E-state index in [9.17, 15) is 4.79 Å². The fraction of sp³-hybridized carbons (Fsp3) is 0.269. The zero-order valence-corrected chi connectivity index (χ0v) is 19.0. The first-order chi connectivity index (χ1) is 15.7. The van der Waals surface area contributed by atoms with Crippen LogP contribution < -0.4 is 4.90 Å². The van der Waals surface area contributed by atoms with Crippen LogP contribution in [0, 0.1) is 6.92 Å². The minimum absolute atomic E-state index is 0.189. The van der Waals surface area contributed by atoms with Gasteiger partial charge in [0, 0.05) is 43.7 Å². The Morgan fingerprint density at radius 2 is 1.75 bits per heavy atom. The molecule has 0 atom stereocenters. The van der Waals surface area contributed by atoms with Crippen molar-refractivity contribution >= 4 is 33.8 Å². The number of nitrogens with zero attached hydrogens (tertiary/aromatic N) is 4. The van der Waals surface area contributed by atoms with Gasteiger partial charge in [0.1, 0.15) is 5.82 Å². The maximum atomic E-state index is 13.0. The number of fused-ring (bicyclic) bond motifs is 1. The molecule has 5 nitrogen and oxygen atoms in total. The number of rotatable bonds is 5. The number of carbonyl (C=O) groups excluding carboxylic acids is 1. The number of pyridine rings is 1. The van der Waals surface area contributed by atoms with Crippen molar-refractivity contribution in [3.05, 3.63) is 88.0 Å². The minimum atomic E-state index is 0.189. The van der Waals surface area contributed by atoms with E-state index >= 15 is 0 Å². The van der Waals surface area contributed by atoms with Crippen LogP contribution in [0.1, 0.15) is 21.1 Å². The molecular weight excluding hydrogens is 416 g/mol. The van der Waals surface area contributed by atoms with Crippen LogP contribution in [0.3, 0.4) is 0 Å². The molecule has 5 rings (SSSR count). The van der Waals surface area contributed by atoms with Gasteiger partial charge in [0.2, 0.25) is 5.91 Å². The second-order valence-corrected chi connectivity index (χ2v) is 9.33. The molecule has 2 aromatic carbocycles. The highest BCUT2D eigenvalue weighted by atomic mass is 32.1. The van der Waals surface area contributed by atoms with Gasteiger partial charge in [-0.3, -0.25) is 4.79 Å². The topological polar surface area (TPSA) is 49.3 Å². The number of anilines is 1. The van der Waals surface area contributed by atoms with E-state index in [1.54, 1.807) is 11.3 Å². The van der Waals surface area contributed by atoms with E-state index in [-0.39, 0.29) is 5.91 Å². The summed E-state index contributed by atoms with van der Waals surface area (Å²) in [7, 11) is 0. The van der Waals surface area contributed by atoms with Gasteiger partial charge in [0.25, 0.3) is 0 Å². The Hall–Kier alpha value is -3.25. The van der Waals surface area contributed by atoms with Crippen LogP contribution in [-0.4, -0.2) is 47.0 Å². The number of carbonyl (C=O) groups is 1. The highest BCUT2D eigenvalue weighted by molar-refractivity contribution is 7.11. The van der Waals surface area contributed by atoms with Gasteiger partial charge in [0.15, 0.2) is 0 Å². The molecule has 32 heavy (non-hydrogen) atoms. The molecule has 0 aliphatic carbocycles. The Bertz CT molecular complexity index is 1220. The lowest BCUT2D eigenvalue weighted by Gasteiger charge is -2.35. The molecule has 0 saturated carbocycles. The number of hydrogen-bond donors (Lipinski definition) is 0. The van der Waals surface area contributed by atoms with Gasteiger partial charge < -0.3 is 9.80 Å². The number of piperazine rings is 1. The third-order valence-corrected chi connectivity index (χ3v) is 7.23. The lowest BCUT2D eigenvalue weighted by atomic mass is 10.0. The summed E-state index contributed by atoms with van der Waals surface area (Å²) >= 11 is 1.67. The van der Waals surface area contributed by atoms with Crippen molar-refractivity contribution in [1.29, 1.82) is 0 Å². The lowest BCUT2D eigenvalue weighted by Crippen LogP contribution is -2.49. The van der Waals surface area contributed by atoms with Gasteiger partial charge >= 0.3 is 0 Å². The van der Waals surface area contributed by atoms with Gasteiger partial charge in [-0.2, -0.15) is 0 Å². The monoisotopic (exact) mass is 442 g/mol. The molecule has 0 spiro atoms. The SMILES string of the molecule is Cc1nc(Cc2cccc3ccccc23)sc1CC(=O)N1CCN(c2ccccn2)CC1. The predicted octanol–water partition coefficient (Wildman–Crippen LogP) is 4.48. The summed E-state index contributed by atoms with van der Waals surface area (Å²) in [6.07, 6.45) is 3.04. The summed E-state index contributed by atoms with van der Waals surface area (Å²) in [5, 5.41) is 3.59. The normalized spacial score (nSPS) is 14.2. The van der Waals surface area contributed by atoms with Crippen LogP contribution in [0.2, 0.25) is 0 Å². The molecule has 6 heteroatoms. The number of aromatic nitrogens is 2. The molecule has 0 N–H and O–H groups in total. The summed E-state index contributed by atoms with van der Waals surface area (Å²) in [6, 6.07) is 20.8.